The van der Waals surface area contributed by atoms with Crippen LogP contribution in [0.25, 0.3) is 0 Å². The number of likely N-dealkylation sites (N-methyl/N-ethyl adjacent to an activating group) is 1. The molecule has 2 aliphatic heterocycles. The first kappa shape index (κ1) is 26.5. The summed E-state index contributed by atoms with van der Waals surface area (Å²) in [6, 6.07) is 0.588. The smallest absolute Gasteiger partial charge is 0.0516 e. The van der Waals surface area contributed by atoms with Crippen molar-refractivity contribution in [3.05, 3.63) is 12.2 Å². The normalized spacial score (nSPS) is 32.8. The SMILES string of the molecule is CC(C)[C@H](CN1CC[C@H](C2C=CC(Cl)CC2)C(C)(C)C1)NC[C@@H]1CCN(CCN(C)C)C1. The zero-order chi connectivity index (χ0) is 23.3. The van der Waals surface area contributed by atoms with Gasteiger partial charge in [0, 0.05) is 38.8 Å². The average molecular weight is 467 g/mol. The van der Waals surface area contributed by atoms with Crippen molar-refractivity contribution in [1.82, 2.24) is 20.0 Å². The van der Waals surface area contributed by atoms with Crippen LogP contribution in [0.3, 0.4) is 0 Å². The van der Waals surface area contributed by atoms with Gasteiger partial charge in [0.1, 0.15) is 0 Å². The molecule has 0 aromatic rings. The second-order valence-corrected chi connectivity index (χ2v) is 12.8. The van der Waals surface area contributed by atoms with Crippen LogP contribution in [0.5, 0.6) is 0 Å². The maximum Gasteiger partial charge on any atom is 0.0516 e. The molecule has 0 aromatic carbocycles. The fourth-order valence-electron chi connectivity index (χ4n) is 6.31. The summed E-state index contributed by atoms with van der Waals surface area (Å²) in [6.07, 6.45) is 9.77. The molecule has 32 heavy (non-hydrogen) atoms. The molecule has 2 fully saturated rings. The molecular formula is C27H51ClN4. The van der Waals surface area contributed by atoms with Gasteiger partial charge in [-0.3, -0.25) is 0 Å². The number of nitrogens with zero attached hydrogens (tertiary/aromatic N) is 3. The number of piperidine rings is 1. The van der Waals surface area contributed by atoms with E-state index in [1.165, 1.54) is 71.6 Å². The monoisotopic (exact) mass is 466 g/mol. The van der Waals surface area contributed by atoms with Crippen LogP contribution in [0.1, 0.15) is 53.4 Å². The summed E-state index contributed by atoms with van der Waals surface area (Å²) in [7, 11) is 4.35. The Kier molecular flexibility index (Phi) is 9.94. The van der Waals surface area contributed by atoms with Gasteiger partial charge in [-0.15, -0.1) is 11.6 Å². The molecule has 0 radical (unpaired) electrons. The number of allylic oxidation sites excluding steroid dienone is 2. The summed E-state index contributed by atoms with van der Waals surface area (Å²) in [5.41, 5.74) is 0.367. The minimum absolute atomic E-state index is 0.257. The highest BCUT2D eigenvalue weighted by molar-refractivity contribution is 6.21. The van der Waals surface area contributed by atoms with Crippen LogP contribution in [0.4, 0.5) is 0 Å². The van der Waals surface area contributed by atoms with E-state index in [9.17, 15) is 0 Å². The first-order chi connectivity index (χ1) is 15.1. The van der Waals surface area contributed by atoms with E-state index in [0.29, 0.717) is 17.4 Å². The van der Waals surface area contributed by atoms with Crippen LogP contribution in [0.15, 0.2) is 12.2 Å². The molecule has 5 heteroatoms. The Labute approximate surface area is 204 Å². The number of hydrogen-bond donors (Lipinski definition) is 1. The Morgan fingerprint density at radius 2 is 1.81 bits per heavy atom. The van der Waals surface area contributed by atoms with Crippen LogP contribution < -0.4 is 5.32 Å². The van der Waals surface area contributed by atoms with E-state index in [2.05, 4.69) is 74.0 Å². The number of hydrogen-bond acceptors (Lipinski definition) is 4. The van der Waals surface area contributed by atoms with Crippen LogP contribution in [-0.2, 0) is 0 Å². The van der Waals surface area contributed by atoms with Gasteiger partial charge in [0.25, 0.3) is 0 Å². The van der Waals surface area contributed by atoms with Crippen molar-refractivity contribution in [3.63, 3.8) is 0 Å². The zero-order valence-corrected chi connectivity index (χ0v) is 22.6. The van der Waals surface area contributed by atoms with E-state index in [0.717, 1.165) is 24.2 Å². The molecule has 0 bridgehead atoms. The van der Waals surface area contributed by atoms with Gasteiger partial charge in [0.05, 0.1) is 5.38 Å². The topological polar surface area (TPSA) is 21.8 Å². The van der Waals surface area contributed by atoms with Crippen LogP contribution in [-0.4, -0.2) is 92.6 Å². The zero-order valence-electron chi connectivity index (χ0n) is 21.8. The molecule has 2 heterocycles. The van der Waals surface area contributed by atoms with Crippen molar-refractivity contribution < 1.29 is 0 Å². The van der Waals surface area contributed by atoms with Crippen molar-refractivity contribution in [2.24, 2.45) is 29.1 Å². The average Bonchev–Trinajstić information content (AvgIpc) is 3.17. The fraction of sp³-hybridized carbons (Fsp3) is 0.926. The second-order valence-electron chi connectivity index (χ2n) is 12.3. The first-order valence-corrected chi connectivity index (χ1v) is 13.7. The van der Waals surface area contributed by atoms with Crippen LogP contribution in [0, 0.1) is 29.1 Å². The fourth-order valence-corrected chi connectivity index (χ4v) is 6.52. The maximum absolute atomic E-state index is 6.31. The summed E-state index contributed by atoms with van der Waals surface area (Å²) < 4.78 is 0. The van der Waals surface area contributed by atoms with E-state index in [4.69, 9.17) is 11.6 Å². The van der Waals surface area contributed by atoms with Crippen molar-refractivity contribution >= 4 is 11.6 Å². The first-order valence-electron chi connectivity index (χ1n) is 13.3. The van der Waals surface area contributed by atoms with Gasteiger partial charge in [-0.25, -0.2) is 0 Å². The second kappa shape index (κ2) is 12.0. The molecule has 0 amide bonds. The Balaban J connectivity index is 1.45. The van der Waals surface area contributed by atoms with E-state index in [1.807, 2.05) is 0 Å². The highest BCUT2D eigenvalue weighted by Gasteiger charge is 2.40. The van der Waals surface area contributed by atoms with Gasteiger partial charge in [-0.2, -0.15) is 0 Å². The molecule has 2 saturated heterocycles. The Hall–Kier alpha value is -0.130. The lowest BCUT2D eigenvalue weighted by Crippen LogP contribution is -2.53. The predicted molar refractivity (Wildman–Crippen MR) is 140 cm³/mol. The lowest BCUT2D eigenvalue weighted by Gasteiger charge is -2.48. The molecule has 1 aliphatic carbocycles. The molecule has 3 rings (SSSR count). The van der Waals surface area contributed by atoms with E-state index in [-0.39, 0.29) is 5.38 Å². The van der Waals surface area contributed by atoms with Gasteiger partial charge in [0.2, 0.25) is 0 Å². The summed E-state index contributed by atoms with van der Waals surface area (Å²) in [5, 5.41) is 4.25. The quantitative estimate of drug-likeness (QED) is 0.380. The number of halogens is 1. The molecule has 2 unspecified atom stereocenters. The Morgan fingerprint density at radius 1 is 1.06 bits per heavy atom. The Bertz CT molecular complexity index is 590. The highest BCUT2D eigenvalue weighted by atomic mass is 35.5. The largest absolute Gasteiger partial charge is 0.312 e. The van der Waals surface area contributed by atoms with Crippen LogP contribution in [0.2, 0.25) is 0 Å². The van der Waals surface area contributed by atoms with Gasteiger partial charge in [-0.05, 0) is 88.5 Å². The third-order valence-electron chi connectivity index (χ3n) is 8.41. The van der Waals surface area contributed by atoms with Crippen molar-refractivity contribution in [3.8, 4) is 0 Å². The van der Waals surface area contributed by atoms with E-state index >= 15 is 0 Å². The molecule has 0 saturated carbocycles. The molecule has 5 atom stereocenters. The van der Waals surface area contributed by atoms with E-state index < -0.39 is 0 Å². The number of likely N-dealkylation sites (tertiary alicyclic amines) is 2. The lowest BCUT2D eigenvalue weighted by molar-refractivity contribution is 0.0218. The van der Waals surface area contributed by atoms with Crippen molar-refractivity contribution in [2.45, 2.75) is 64.8 Å². The molecule has 186 valence electrons. The number of rotatable bonds is 10. The third kappa shape index (κ3) is 7.70. The van der Waals surface area contributed by atoms with Gasteiger partial charge >= 0.3 is 0 Å². The summed E-state index contributed by atoms with van der Waals surface area (Å²) in [4.78, 5) is 7.70. The summed E-state index contributed by atoms with van der Waals surface area (Å²) >= 11 is 6.31. The number of nitrogens with one attached hydrogen (secondary N) is 1. The Morgan fingerprint density at radius 3 is 2.44 bits per heavy atom. The highest BCUT2D eigenvalue weighted by Crippen LogP contribution is 2.43. The summed E-state index contributed by atoms with van der Waals surface area (Å²) in [6.45, 7) is 19.5. The van der Waals surface area contributed by atoms with Gasteiger partial charge in [-0.1, -0.05) is 39.8 Å². The maximum atomic E-state index is 6.31. The molecule has 0 aromatic heterocycles. The van der Waals surface area contributed by atoms with Crippen molar-refractivity contribution in [2.75, 3.05) is 66.5 Å². The van der Waals surface area contributed by atoms with Gasteiger partial charge < -0.3 is 20.0 Å². The minimum Gasteiger partial charge on any atom is -0.312 e. The molecule has 0 spiro atoms. The predicted octanol–water partition coefficient (Wildman–Crippen LogP) is 4.41. The molecular weight excluding hydrogens is 416 g/mol. The lowest BCUT2D eigenvalue weighted by atomic mass is 9.65. The summed E-state index contributed by atoms with van der Waals surface area (Å²) in [5.74, 6) is 2.99. The van der Waals surface area contributed by atoms with Crippen molar-refractivity contribution in [1.29, 1.82) is 0 Å². The molecule has 4 nitrogen and oxygen atoms in total. The van der Waals surface area contributed by atoms with E-state index in [1.54, 1.807) is 0 Å². The van der Waals surface area contributed by atoms with Gasteiger partial charge in [0.15, 0.2) is 0 Å². The standard InChI is InChI=1S/C27H51ClN4/c1-21(2)26(29-17-22-11-13-31(18-22)16-15-30(5)6)19-32-14-12-25(27(3,4)20-32)23-7-9-24(28)10-8-23/h7,9,21-26,29H,8,10-20H2,1-6H3/t22-,23?,24?,25+,26-/m0/s1. The van der Waals surface area contributed by atoms with Crippen LogP contribution >= 0.6 is 11.6 Å². The number of alkyl halides is 1. The minimum atomic E-state index is 0.257. The molecule has 1 N–H and O–H groups in total. The third-order valence-corrected chi connectivity index (χ3v) is 8.78. The molecule has 3 aliphatic rings.